The van der Waals surface area contributed by atoms with Gasteiger partial charge in [-0.2, -0.15) is 0 Å². The van der Waals surface area contributed by atoms with E-state index in [4.69, 9.17) is 0 Å². The third-order valence-corrected chi connectivity index (χ3v) is 2.06. The van der Waals surface area contributed by atoms with E-state index in [1.54, 1.807) is 0 Å². The molecule has 0 aromatic heterocycles. The van der Waals surface area contributed by atoms with Crippen LogP contribution in [0.15, 0.2) is 0 Å². The normalized spacial score (nSPS) is 12.2. The van der Waals surface area contributed by atoms with Crippen molar-refractivity contribution in [3.8, 4) is 0 Å². The van der Waals surface area contributed by atoms with Crippen LogP contribution in [0.1, 0.15) is 0 Å². The third kappa shape index (κ3) is 3.25. The number of alkyl halides is 2. The van der Waals surface area contributed by atoms with Crippen molar-refractivity contribution in [3.63, 3.8) is 0 Å². The lowest BCUT2D eigenvalue weighted by Gasteiger charge is -2.18. The number of nitrogens with zero attached hydrogens (tertiary/aromatic N) is 5. The molecule has 0 aliphatic rings. The van der Waals surface area contributed by atoms with Gasteiger partial charge in [0.15, 0.2) is 13.1 Å². The molecule has 0 heterocycles. The van der Waals surface area contributed by atoms with Gasteiger partial charge in [-0.25, -0.2) is 0 Å². The first-order chi connectivity index (χ1) is 8.87. The summed E-state index contributed by atoms with van der Waals surface area (Å²) in [5, 5.41) is 40.9. The molecule has 0 atom stereocenters. The molecule has 0 aromatic rings. The maximum absolute atomic E-state index is 13.4. The summed E-state index contributed by atoms with van der Waals surface area (Å²) in [6.07, 6.45) is 0. The summed E-state index contributed by atoms with van der Waals surface area (Å²) in [6.45, 7) is -3.44. The van der Waals surface area contributed by atoms with Gasteiger partial charge in [-0.1, -0.05) is 8.78 Å². The van der Waals surface area contributed by atoms with Crippen molar-refractivity contribution >= 4 is 0 Å². The molecular formula is C5H7F2N5O8. The highest BCUT2D eigenvalue weighted by Crippen LogP contribution is 2.19. The lowest BCUT2D eigenvalue weighted by atomic mass is 10.3. The zero-order valence-corrected chi connectivity index (χ0v) is 9.67. The fourth-order valence-electron chi connectivity index (χ4n) is 1.11. The van der Waals surface area contributed by atoms with Gasteiger partial charge in [0.1, 0.15) is 19.7 Å². The minimum absolute atomic E-state index is 0.0667. The van der Waals surface area contributed by atoms with Crippen LogP contribution in [-0.4, -0.2) is 56.6 Å². The van der Waals surface area contributed by atoms with E-state index in [9.17, 15) is 49.2 Å². The van der Waals surface area contributed by atoms with E-state index < -0.39 is 44.6 Å². The quantitative estimate of drug-likeness (QED) is 0.242. The van der Waals surface area contributed by atoms with Gasteiger partial charge in [0.2, 0.25) is 0 Å². The Hall–Kier alpha value is -2.58. The number of likely N-dealkylation sites (N-methyl/N-ethyl adjacent to an activating group) is 1. The monoisotopic (exact) mass is 303 g/mol. The summed E-state index contributed by atoms with van der Waals surface area (Å²) in [5.74, 6) is -8.55. The number of halogens is 2. The lowest BCUT2D eigenvalue weighted by Crippen LogP contribution is -2.56. The van der Waals surface area contributed by atoms with Crippen LogP contribution in [0.2, 0.25) is 0 Å². The molecule has 0 amide bonds. The highest BCUT2D eigenvalue weighted by molar-refractivity contribution is 4.65. The van der Waals surface area contributed by atoms with Crippen LogP contribution >= 0.6 is 0 Å². The van der Waals surface area contributed by atoms with Crippen molar-refractivity contribution in [2.75, 3.05) is 20.1 Å². The molecule has 0 aliphatic carbocycles. The van der Waals surface area contributed by atoms with E-state index >= 15 is 0 Å². The third-order valence-electron chi connectivity index (χ3n) is 2.06. The van der Waals surface area contributed by atoms with Crippen LogP contribution in [-0.2, 0) is 0 Å². The zero-order chi connectivity index (χ0) is 16.3. The predicted octanol–water partition coefficient (Wildman–Crippen LogP) is -0.728. The summed E-state index contributed by atoms with van der Waals surface area (Å²) in [7, 11) is 0.614. The minimum Gasteiger partial charge on any atom is -0.274 e. The Morgan fingerprint density at radius 1 is 0.800 bits per heavy atom. The Bertz CT molecular complexity index is 389. The minimum atomic E-state index is -4.27. The van der Waals surface area contributed by atoms with Crippen LogP contribution in [0.4, 0.5) is 8.78 Å². The SMILES string of the molecule is CN(CC(F)([N+](=O)[O-])[N+](=O)[O-])CC(F)([N+](=O)[O-])[N+](=O)[O-]. The van der Waals surface area contributed by atoms with Crippen molar-refractivity contribution in [1.82, 2.24) is 4.90 Å². The average Bonchev–Trinajstić information content (AvgIpc) is 2.27. The second-order valence-corrected chi connectivity index (χ2v) is 3.64. The standard InChI is InChI=1S/C5H7F2N5O8/c1-8(2-4(6,9(13)14)10(15)16)3-5(7,11(17)18)12(19)20/h2-3H2,1H3. The Balaban J connectivity index is 5.16. The van der Waals surface area contributed by atoms with E-state index in [-0.39, 0.29) is 4.90 Å². The summed E-state index contributed by atoms with van der Waals surface area (Å²) in [6, 6.07) is 0. The molecule has 0 saturated carbocycles. The Kier molecular flexibility index (Phi) is 4.87. The van der Waals surface area contributed by atoms with Crippen molar-refractivity contribution in [1.29, 1.82) is 0 Å². The molecule has 13 nitrogen and oxygen atoms in total. The van der Waals surface area contributed by atoms with Gasteiger partial charge >= 0.3 is 11.8 Å². The number of hydrogen-bond acceptors (Lipinski definition) is 9. The van der Waals surface area contributed by atoms with Gasteiger partial charge in [-0.3, -0.25) is 45.4 Å². The smallest absolute Gasteiger partial charge is 0.274 e. The summed E-state index contributed by atoms with van der Waals surface area (Å²) >= 11 is 0. The fraction of sp³-hybridized carbons (Fsp3) is 1.00. The van der Waals surface area contributed by atoms with Crippen LogP contribution in [0.25, 0.3) is 0 Å². The Labute approximate surface area is 107 Å². The molecule has 0 aromatic carbocycles. The molecule has 15 heteroatoms. The van der Waals surface area contributed by atoms with Gasteiger partial charge in [-0.15, -0.1) is 0 Å². The van der Waals surface area contributed by atoms with Crippen LogP contribution in [0.3, 0.4) is 0 Å². The van der Waals surface area contributed by atoms with Crippen molar-refractivity contribution in [3.05, 3.63) is 40.5 Å². The first-order valence-electron chi connectivity index (χ1n) is 4.52. The number of rotatable bonds is 8. The maximum Gasteiger partial charge on any atom is 0.626 e. The Morgan fingerprint density at radius 3 is 1.15 bits per heavy atom. The van der Waals surface area contributed by atoms with Crippen molar-refractivity contribution < 1.29 is 28.5 Å². The van der Waals surface area contributed by atoms with E-state index in [0.29, 0.717) is 7.05 Å². The van der Waals surface area contributed by atoms with Crippen LogP contribution in [0, 0.1) is 40.5 Å². The van der Waals surface area contributed by atoms with Crippen LogP contribution < -0.4 is 0 Å². The van der Waals surface area contributed by atoms with Gasteiger partial charge < -0.3 is 0 Å². The molecule has 0 rings (SSSR count). The molecule has 0 fully saturated rings. The predicted molar refractivity (Wildman–Crippen MR) is 53.2 cm³/mol. The van der Waals surface area contributed by atoms with E-state index in [1.807, 2.05) is 0 Å². The molecule has 0 unspecified atom stereocenters. The first-order valence-corrected chi connectivity index (χ1v) is 4.52. The van der Waals surface area contributed by atoms with E-state index in [0.717, 1.165) is 0 Å². The molecule has 0 radical (unpaired) electrons. The van der Waals surface area contributed by atoms with E-state index in [2.05, 4.69) is 0 Å². The van der Waals surface area contributed by atoms with E-state index in [1.165, 1.54) is 0 Å². The van der Waals surface area contributed by atoms with Gasteiger partial charge in [0.05, 0.1) is 0 Å². The largest absolute Gasteiger partial charge is 0.626 e. The molecule has 0 saturated heterocycles. The summed E-state index contributed by atoms with van der Waals surface area (Å²) in [5.41, 5.74) is 0. The molecule has 0 N–H and O–H groups in total. The molecule has 0 spiro atoms. The summed E-state index contributed by atoms with van der Waals surface area (Å²) < 4.78 is 26.7. The topological polar surface area (TPSA) is 176 Å². The zero-order valence-electron chi connectivity index (χ0n) is 9.67. The van der Waals surface area contributed by atoms with Crippen LogP contribution in [0.5, 0.6) is 0 Å². The molecule has 114 valence electrons. The second-order valence-electron chi connectivity index (χ2n) is 3.64. The Morgan fingerprint density at radius 2 is 1.00 bits per heavy atom. The fourth-order valence-corrected chi connectivity index (χ4v) is 1.11. The summed E-state index contributed by atoms with van der Waals surface area (Å²) in [4.78, 5) is 33.2. The van der Waals surface area contributed by atoms with Gasteiger partial charge in [0, 0.05) is 0 Å². The average molecular weight is 303 g/mol. The maximum atomic E-state index is 13.4. The highest BCUT2D eigenvalue weighted by Gasteiger charge is 2.63. The number of nitro groups is 4. The van der Waals surface area contributed by atoms with Crippen molar-refractivity contribution in [2.45, 2.75) is 11.8 Å². The van der Waals surface area contributed by atoms with Gasteiger partial charge in [-0.05, 0) is 7.05 Å². The van der Waals surface area contributed by atoms with Crippen molar-refractivity contribution in [2.24, 2.45) is 0 Å². The highest BCUT2D eigenvalue weighted by atomic mass is 19.2. The van der Waals surface area contributed by atoms with Gasteiger partial charge in [0.25, 0.3) is 0 Å². The second kappa shape index (κ2) is 5.59. The molecule has 0 bridgehead atoms. The lowest BCUT2D eigenvalue weighted by molar-refractivity contribution is -0.837. The number of hydrogen-bond donors (Lipinski definition) is 0. The molecular weight excluding hydrogens is 296 g/mol. The first kappa shape index (κ1) is 17.4. The molecule has 20 heavy (non-hydrogen) atoms. The molecule has 0 aliphatic heterocycles.